The Bertz CT molecular complexity index is 963. The zero-order chi connectivity index (χ0) is 21.7. The third-order valence-electron chi connectivity index (χ3n) is 4.78. The molecule has 0 radical (unpaired) electrons. The minimum atomic E-state index is -3.64. The van der Waals surface area contributed by atoms with Gasteiger partial charge in [-0.1, -0.05) is 18.2 Å². The van der Waals surface area contributed by atoms with Crippen molar-refractivity contribution in [2.45, 2.75) is 37.9 Å². The van der Waals surface area contributed by atoms with Crippen molar-refractivity contribution in [1.82, 2.24) is 4.31 Å². The lowest BCUT2D eigenvalue weighted by molar-refractivity contribution is -0.0440. The molecule has 3 rings (SSSR count). The van der Waals surface area contributed by atoms with Gasteiger partial charge >= 0.3 is 5.97 Å². The summed E-state index contributed by atoms with van der Waals surface area (Å²) in [5.41, 5.74) is 1.29. The van der Waals surface area contributed by atoms with Crippen molar-refractivity contribution < 1.29 is 27.4 Å². The number of carbonyl (C=O) groups excluding carboxylic acids is 1. The largest absolute Gasteiger partial charge is 0.490 e. The van der Waals surface area contributed by atoms with Crippen LogP contribution in [0.4, 0.5) is 0 Å². The smallest absolute Gasteiger partial charge is 0.338 e. The van der Waals surface area contributed by atoms with Crippen LogP contribution in [-0.2, 0) is 19.5 Å². The lowest BCUT2D eigenvalue weighted by Gasteiger charge is -2.34. The molecule has 0 N–H and O–H groups in total. The molecule has 1 aliphatic heterocycles. The van der Waals surface area contributed by atoms with Gasteiger partial charge in [-0.25, -0.2) is 13.2 Å². The second-order valence-electron chi connectivity index (χ2n) is 7.35. The number of carbonyl (C=O) groups is 1. The standard InChI is InChI=1S/C22H27NO6S/c1-16-6-4-5-7-21(16)27-12-13-28-22(24)19-8-10-20(11-9-19)30(25,26)23-14-17(2)29-18(3)15-23/h4-11,17-18H,12-15H2,1-3H3. The van der Waals surface area contributed by atoms with Gasteiger partial charge in [-0.05, 0) is 56.7 Å². The Morgan fingerprint density at radius 3 is 2.30 bits per heavy atom. The number of morpholine rings is 1. The molecule has 0 spiro atoms. The molecule has 0 aromatic heterocycles. The molecular formula is C22H27NO6S. The van der Waals surface area contributed by atoms with Crippen molar-refractivity contribution in [2.24, 2.45) is 0 Å². The minimum Gasteiger partial charge on any atom is -0.490 e. The molecule has 0 saturated carbocycles. The van der Waals surface area contributed by atoms with Crippen molar-refractivity contribution in [3.63, 3.8) is 0 Å². The van der Waals surface area contributed by atoms with E-state index in [1.54, 1.807) is 0 Å². The van der Waals surface area contributed by atoms with Crippen molar-refractivity contribution in [2.75, 3.05) is 26.3 Å². The summed E-state index contributed by atoms with van der Waals surface area (Å²) >= 11 is 0. The number of para-hydroxylation sites is 1. The number of aryl methyl sites for hydroxylation is 1. The van der Waals surface area contributed by atoms with E-state index in [0.717, 1.165) is 11.3 Å². The highest BCUT2D eigenvalue weighted by Gasteiger charge is 2.32. The second-order valence-corrected chi connectivity index (χ2v) is 9.29. The van der Waals surface area contributed by atoms with Crippen LogP contribution in [0.25, 0.3) is 0 Å². The van der Waals surface area contributed by atoms with Gasteiger partial charge in [0.1, 0.15) is 19.0 Å². The predicted molar refractivity (Wildman–Crippen MR) is 112 cm³/mol. The first-order valence-corrected chi connectivity index (χ1v) is 11.3. The first-order valence-electron chi connectivity index (χ1n) is 9.88. The summed E-state index contributed by atoms with van der Waals surface area (Å²) in [7, 11) is -3.64. The second kappa shape index (κ2) is 9.59. The van der Waals surface area contributed by atoms with E-state index in [2.05, 4.69) is 0 Å². The molecule has 2 aromatic carbocycles. The molecule has 1 saturated heterocycles. The van der Waals surface area contributed by atoms with Crippen LogP contribution >= 0.6 is 0 Å². The van der Waals surface area contributed by atoms with Gasteiger partial charge in [0.15, 0.2) is 0 Å². The van der Waals surface area contributed by atoms with Gasteiger partial charge in [0.05, 0.1) is 22.7 Å². The molecule has 2 aromatic rings. The van der Waals surface area contributed by atoms with Crippen LogP contribution < -0.4 is 4.74 Å². The SMILES string of the molecule is Cc1ccccc1OCCOC(=O)c1ccc(S(=O)(=O)N2CC(C)OC(C)C2)cc1. The van der Waals surface area contributed by atoms with Gasteiger partial charge in [0.25, 0.3) is 0 Å². The number of esters is 1. The lowest BCUT2D eigenvalue weighted by atomic mass is 10.2. The maximum absolute atomic E-state index is 12.9. The molecular weight excluding hydrogens is 406 g/mol. The van der Waals surface area contributed by atoms with E-state index in [1.807, 2.05) is 45.0 Å². The highest BCUT2D eigenvalue weighted by atomic mass is 32.2. The van der Waals surface area contributed by atoms with E-state index in [4.69, 9.17) is 14.2 Å². The maximum Gasteiger partial charge on any atom is 0.338 e. The van der Waals surface area contributed by atoms with Gasteiger partial charge in [-0.2, -0.15) is 4.31 Å². The average Bonchev–Trinajstić information content (AvgIpc) is 2.71. The van der Waals surface area contributed by atoms with Gasteiger partial charge in [0.2, 0.25) is 10.0 Å². The van der Waals surface area contributed by atoms with Crippen molar-refractivity contribution in [1.29, 1.82) is 0 Å². The van der Waals surface area contributed by atoms with Crippen molar-refractivity contribution in [3.8, 4) is 5.75 Å². The Balaban J connectivity index is 1.55. The zero-order valence-corrected chi connectivity index (χ0v) is 18.2. The lowest BCUT2D eigenvalue weighted by Crippen LogP contribution is -2.48. The summed E-state index contributed by atoms with van der Waals surface area (Å²) in [6.45, 7) is 6.57. The third-order valence-corrected chi connectivity index (χ3v) is 6.63. The molecule has 1 aliphatic rings. The van der Waals surface area contributed by atoms with Gasteiger partial charge < -0.3 is 14.2 Å². The number of ether oxygens (including phenoxy) is 3. The highest BCUT2D eigenvalue weighted by molar-refractivity contribution is 7.89. The quantitative estimate of drug-likeness (QED) is 0.493. The normalized spacial score (nSPS) is 20.0. The van der Waals surface area contributed by atoms with Crippen LogP contribution in [0.2, 0.25) is 0 Å². The van der Waals surface area contributed by atoms with Crippen molar-refractivity contribution in [3.05, 3.63) is 59.7 Å². The highest BCUT2D eigenvalue weighted by Crippen LogP contribution is 2.22. The zero-order valence-electron chi connectivity index (χ0n) is 17.4. The van der Waals surface area contributed by atoms with E-state index in [1.165, 1.54) is 28.6 Å². The maximum atomic E-state index is 12.9. The third kappa shape index (κ3) is 5.38. The van der Waals surface area contributed by atoms with Gasteiger partial charge in [-0.15, -0.1) is 0 Å². The van der Waals surface area contributed by atoms with E-state index in [0.29, 0.717) is 13.1 Å². The van der Waals surface area contributed by atoms with Crippen LogP contribution in [0, 0.1) is 6.92 Å². The summed E-state index contributed by atoms with van der Waals surface area (Å²) in [6.07, 6.45) is -0.334. The van der Waals surface area contributed by atoms with Gasteiger partial charge in [-0.3, -0.25) is 0 Å². The van der Waals surface area contributed by atoms with Crippen LogP contribution in [-0.4, -0.2) is 57.2 Å². The monoisotopic (exact) mass is 433 g/mol. The Morgan fingerprint density at radius 1 is 1.03 bits per heavy atom. The number of hydrogen-bond acceptors (Lipinski definition) is 6. The number of nitrogens with zero attached hydrogens (tertiary/aromatic N) is 1. The molecule has 1 fully saturated rings. The van der Waals surface area contributed by atoms with Crippen LogP contribution in [0.5, 0.6) is 5.75 Å². The summed E-state index contributed by atoms with van der Waals surface area (Å²) in [6, 6.07) is 13.4. The molecule has 2 atom stereocenters. The fourth-order valence-corrected chi connectivity index (χ4v) is 4.92. The Kier molecular flexibility index (Phi) is 7.12. The summed E-state index contributed by atoms with van der Waals surface area (Å²) in [5.74, 6) is 0.218. The molecule has 162 valence electrons. The predicted octanol–water partition coefficient (Wildman–Crippen LogP) is 3.03. The molecule has 1 heterocycles. The van der Waals surface area contributed by atoms with E-state index in [9.17, 15) is 13.2 Å². The fourth-order valence-electron chi connectivity index (χ4n) is 3.33. The summed E-state index contributed by atoms with van der Waals surface area (Å²) in [5, 5.41) is 0. The van der Waals surface area contributed by atoms with E-state index in [-0.39, 0.29) is 35.9 Å². The summed E-state index contributed by atoms with van der Waals surface area (Å²) < 4.78 is 43.6. The molecule has 30 heavy (non-hydrogen) atoms. The van der Waals surface area contributed by atoms with Gasteiger partial charge in [0, 0.05) is 13.1 Å². The molecule has 7 nitrogen and oxygen atoms in total. The van der Waals surface area contributed by atoms with Crippen LogP contribution in [0.3, 0.4) is 0 Å². The Morgan fingerprint density at radius 2 is 1.67 bits per heavy atom. The number of hydrogen-bond donors (Lipinski definition) is 0. The average molecular weight is 434 g/mol. The molecule has 0 amide bonds. The first kappa shape index (κ1) is 22.3. The first-order chi connectivity index (χ1) is 14.3. The molecule has 2 unspecified atom stereocenters. The molecule has 0 bridgehead atoms. The number of rotatable bonds is 7. The molecule has 8 heteroatoms. The van der Waals surface area contributed by atoms with Crippen LogP contribution in [0.15, 0.2) is 53.4 Å². The summed E-state index contributed by atoms with van der Waals surface area (Å²) in [4.78, 5) is 12.4. The Hall–Kier alpha value is -2.42. The number of benzene rings is 2. The van der Waals surface area contributed by atoms with Crippen LogP contribution in [0.1, 0.15) is 29.8 Å². The number of sulfonamides is 1. The van der Waals surface area contributed by atoms with Crippen molar-refractivity contribution >= 4 is 16.0 Å². The molecule has 0 aliphatic carbocycles. The Labute approximate surface area is 177 Å². The topological polar surface area (TPSA) is 82.1 Å². The van der Waals surface area contributed by atoms with E-state index >= 15 is 0 Å². The minimum absolute atomic E-state index is 0.0940. The van der Waals surface area contributed by atoms with E-state index < -0.39 is 16.0 Å². The fraction of sp³-hybridized carbons (Fsp3) is 0.409.